The summed E-state index contributed by atoms with van der Waals surface area (Å²) in [4.78, 5) is 1.89. The van der Waals surface area contributed by atoms with Crippen molar-refractivity contribution in [2.24, 2.45) is 0 Å². The van der Waals surface area contributed by atoms with Gasteiger partial charge in [0, 0.05) is 39.3 Å². The van der Waals surface area contributed by atoms with Crippen LogP contribution >= 0.6 is 0 Å². The Bertz CT molecular complexity index is 1360. The van der Waals surface area contributed by atoms with Crippen LogP contribution in [0.2, 0.25) is 0 Å². The average molecular weight is 518 g/mol. The first-order chi connectivity index (χ1) is 16.7. The average Bonchev–Trinajstić information content (AvgIpc) is 2.88. The largest absolute Gasteiger partial charge is 0.367 e. The zero-order valence-corrected chi connectivity index (χ0v) is 21.1. The normalized spacial score (nSPS) is 15.5. The molecule has 0 spiro atoms. The topological polar surface area (TPSA) is 78.0 Å². The third-order valence-electron chi connectivity index (χ3n) is 6.09. The summed E-state index contributed by atoms with van der Waals surface area (Å²) in [5, 5.41) is 0. The summed E-state index contributed by atoms with van der Waals surface area (Å²) in [6.45, 7) is 3.40. The summed E-state index contributed by atoms with van der Waals surface area (Å²) in [5.74, 6) is -0.339. The van der Waals surface area contributed by atoms with E-state index in [4.69, 9.17) is 0 Å². The van der Waals surface area contributed by atoms with Gasteiger partial charge in [-0.1, -0.05) is 49.4 Å². The van der Waals surface area contributed by atoms with E-state index in [1.54, 1.807) is 25.1 Å². The van der Waals surface area contributed by atoms with E-state index in [-0.39, 0.29) is 41.8 Å². The highest BCUT2D eigenvalue weighted by molar-refractivity contribution is 7.89. The van der Waals surface area contributed by atoms with Crippen LogP contribution in [0.3, 0.4) is 0 Å². The SMILES string of the molecule is CCN(Cc1ccccc1)S(=O)(=O)c1ccc(S(=O)(=O)N2CCN(c3ccccc3F)CC2)cc1. The highest BCUT2D eigenvalue weighted by atomic mass is 32.2. The standard InChI is InChI=1S/C25H28FN3O4S2/c1-2-28(20-21-8-4-3-5-9-21)34(30,31)22-12-14-23(15-13-22)35(32,33)29-18-16-27(17-19-29)25-11-7-6-10-24(25)26/h3-15H,2,16-20H2,1H3. The lowest BCUT2D eigenvalue weighted by atomic mass is 10.2. The molecule has 1 saturated heterocycles. The fourth-order valence-electron chi connectivity index (χ4n) is 4.11. The number of rotatable bonds is 8. The third kappa shape index (κ3) is 5.40. The van der Waals surface area contributed by atoms with Gasteiger partial charge in [0.2, 0.25) is 20.0 Å². The molecule has 3 aromatic carbocycles. The van der Waals surface area contributed by atoms with E-state index in [0.717, 1.165) is 5.56 Å². The van der Waals surface area contributed by atoms with Gasteiger partial charge in [-0.15, -0.1) is 0 Å². The number of hydrogen-bond acceptors (Lipinski definition) is 5. The molecule has 35 heavy (non-hydrogen) atoms. The Balaban J connectivity index is 1.47. The van der Waals surface area contributed by atoms with Crippen LogP contribution in [0.15, 0.2) is 88.7 Å². The fourth-order valence-corrected chi connectivity index (χ4v) is 6.97. The maximum absolute atomic E-state index is 14.1. The highest BCUT2D eigenvalue weighted by Gasteiger charge is 2.30. The Morgan fingerprint density at radius 2 is 1.34 bits per heavy atom. The predicted molar refractivity (Wildman–Crippen MR) is 134 cm³/mol. The van der Waals surface area contributed by atoms with E-state index in [1.807, 2.05) is 35.2 Å². The van der Waals surface area contributed by atoms with Gasteiger partial charge in [0.05, 0.1) is 15.5 Å². The number of sulfonamides is 2. The van der Waals surface area contributed by atoms with Gasteiger partial charge >= 0.3 is 0 Å². The summed E-state index contributed by atoms with van der Waals surface area (Å²) >= 11 is 0. The lowest BCUT2D eigenvalue weighted by Crippen LogP contribution is -2.48. The maximum atomic E-state index is 14.1. The second-order valence-corrected chi connectivity index (χ2v) is 12.1. The Morgan fingerprint density at radius 1 is 0.771 bits per heavy atom. The first kappa shape index (κ1) is 25.3. The van der Waals surface area contributed by atoms with Crippen molar-refractivity contribution in [1.82, 2.24) is 8.61 Å². The van der Waals surface area contributed by atoms with E-state index in [0.29, 0.717) is 18.8 Å². The molecule has 0 N–H and O–H groups in total. The molecule has 1 aliphatic heterocycles. The molecule has 7 nitrogen and oxygen atoms in total. The lowest BCUT2D eigenvalue weighted by molar-refractivity contribution is 0.383. The molecule has 0 saturated carbocycles. The van der Waals surface area contributed by atoms with Crippen LogP contribution in [0.25, 0.3) is 0 Å². The maximum Gasteiger partial charge on any atom is 0.243 e. The van der Waals surface area contributed by atoms with Crippen molar-refractivity contribution >= 4 is 25.7 Å². The molecule has 0 bridgehead atoms. The first-order valence-corrected chi connectivity index (χ1v) is 14.3. The zero-order valence-electron chi connectivity index (χ0n) is 19.4. The van der Waals surface area contributed by atoms with Crippen molar-refractivity contribution in [3.05, 3.63) is 90.2 Å². The molecule has 0 atom stereocenters. The van der Waals surface area contributed by atoms with Crippen molar-refractivity contribution in [1.29, 1.82) is 0 Å². The van der Waals surface area contributed by atoms with E-state index in [2.05, 4.69) is 0 Å². The van der Waals surface area contributed by atoms with E-state index in [9.17, 15) is 21.2 Å². The van der Waals surface area contributed by atoms with Gasteiger partial charge in [0.15, 0.2) is 0 Å². The number of anilines is 1. The number of piperazine rings is 1. The van der Waals surface area contributed by atoms with Crippen LogP contribution in [0.1, 0.15) is 12.5 Å². The number of hydrogen-bond donors (Lipinski definition) is 0. The van der Waals surface area contributed by atoms with Crippen molar-refractivity contribution in [3.63, 3.8) is 0 Å². The molecule has 186 valence electrons. The van der Waals surface area contributed by atoms with Crippen LogP contribution in [0, 0.1) is 5.82 Å². The minimum atomic E-state index is -3.81. The van der Waals surface area contributed by atoms with Gasteiger partial charge in [-0.2, -0.15) is 8.61 Å². The van der Waals surface area contributed by atoms with Crippen molar-refractivity contribution in [2.45, 2.75) is 23.3 Å². The van der Waals surface area contributed by atoms with Crippen molar-refractivity contribution < 1.29 is 21.2 Å². The smallest absolute Gasteiger partial charge is 0.243 e. The van der Waals surface area contributed by atoms with Crippen LogP contribution in [-0.2, 0) is 26.6 Å². The van der Waals surface area contributed by atoms with Gasteiger partial charge in [-0.3, -0.25) is 0 Å². The molecular formula is C25H28FN3O4S2. The van der Waals surface area contributed by atoms with Gasteiger partial charge in [0.25, 0.3) is 0 Å². The monoisotopic (exact) mass is 517 g/mol. The molecule has 0 aliphatic carbocycles. The second-order valence-electron chi connectivity index (χ2n) is 8.23. The molecule has 1 aliphatic rings. The molecule has 4 rings (SSSR count). The molecule has 0 aromatic heterocycles. The number of benzene rings is 3. The summed E-state index contributed by atoms with van der Waals surface area (Å²) in [5.41, 5.74) is 1.32. The van der Waals surface area contributed by atoms with Gasteiger partial charge in [-0.05, 0) is 42.0 Å². The summed E-state index contributed by atoms with van der Waals surface area (Å²) in [7, 11) is -7.61. The number of nitrogens with zero attached hydrogens (tertiary/aromatic N) is 3. The minimum Gasteiger partial charge on any atom is -0.367 e. The second kappa shape index (κ2) is 10.4. The van der Waals surface area contributed by atoms with Crippen LogP contribution in [-0.4, -0.2) is 58.2 Å². The van der Waals surface area contributed by atoms with Crippen LogP contribution in [0.4, 0.5) is 10.1 Å². The Kier molecular flexibility index (Phi) is 7.56. The number of para-hydroxylation sites is 1. The summed E-state index contributed by atoms with van der Waals surface area (Å²) < 4.78 is 69.4. The van der Waals surface area contributed by atoms with E-state index in [1.165, 1.54) is 38.9 Å². The molecule has 0 unspecified atom stereocenters. The number of halogens is 1. The molecule has 0 radical (unpaired) electrons. The fraction of sp³-hybridized carbons (Fsp3) is 0.280. The van der Waals surface area contributed by atoms with E-state index < -0.39 is 20.0 Å². The Morgan fingerprint density at radius 3 is 1.94 bits per heavy atom. The quantitative estimate of drug-likeness (QED) is 0.457. The van der Waals surface area contributed by atoms with Crippen LogP contribution in [0.5, 0.6) is 0 Å². The molecular weight excluding hydrogens is 489 g/mol. The predicted octanol–water partition coefficient (Wildman–Crippen LogP) is 3.55. The molecule has 0 amide bonds. The van der Waals surface area contributed by atoms with Crippen LogP contribution < -0.4 is 4.90 Å². The highest BCUT2D eigenvalue weighted by Crippen LogP contribution is 2.25. The molecule has 1 fully saturated rings. The lowest BCUT2D eigenvalue weighted by Gasteiger charge is -2.35. The third-order valence-corrected chi connectivity index (χ3v) is 9.93. The first-order valence-electron chi connectivity index (χ1n) is 11.4. The van der Waals surface area contributed by atoms with E-state index >= 15 is 0 Å². The zero-order chi connectivity index (χ0) is 25.1. The Labute approximate surface area is 206 Å². The Hall–Kier alpha value is -2.79. The molecule has 10 heteroatoms. The van der Waals surface area contributed by atoms with Gasteiger partial charge in [0.1, 0.15) is 5.82 Å². The van der Waals surface area contributed by atoms with Gasteiger partial charge < -0.3 is 4.90 Å². The molecule has 1 heterocycles. The van der Waals surface area contributed by atoms with Crippen molar-refractivity contribution in [2.75, 3.05) is 37.6 Å². The van der Waals surface area contributed by atoms with Crippen molar-refractivity contribution in [3.8, 4) is 0 Å². The van der Waals surface area contributed by atoms with Gasteiger partial charge in [-0.25, -0.2) is 21.2 Å². The summed E-state index contributed by atoms with van der Waals surface area (Å²) in [6.07, 6.45) is 0. The molecule has 3 aromatic rings. The minimum absolute atomic E-state index is 0.0295. The summed E-state index contributed by atoms with van der Waals surface area (Å²) in [6, 6.07) is 21.1.